The lowest BCUT2D eigenvalue weighted by atomic mass is 9.60. The van der Waals surface area contributed by atoms with Gasteiger partial charge in [0.25, 0.3) is 0 Å². The highest BCUT2D eigenvalue weighted by Gasteiger charge is 2.50. The van der Waals surface area contributed by atoms with E-state index >= 15 is 0 Å². The summed E-state index contributed by atoms with van der Waals surface area (Å²) in [6.07, 6.45) is 14.6. The second-order valence-electron chi connectivity index (χ2n) is 10.9. The summed E-state index contributed by atoms with van der Waals surface area (Å²) >= 11 is 0. The van der Waals surface area contributed by atoms with Crippen molar-refractivity contribution in [1.82, 2.24) is 0 Å². The minimum Gasteiger partial charge on any atom is -0.396 e. The maximum absolute atomic E-state index is 10.5. The van der Waals surface area contributed by atoms with E-state index in [-0.39, 0.29) is 6.61 Å². The molecule has 0 bridgehead atoms. The molecule has 3 aliphatic rings. The number of fused-ring (bicyclic) bond motifs is 1. The Morgan fingerprint density at radius 1 is 1.07 bits per heavy atom. The molecule has 0 aromatic rings. The van der Waals surface area contributed by atoms with E-state index < -0.39 is 12.2 Å². The van der Waals surface area contributed by atoms with Crippen LogP contribution in [0.4, 0.5) is 0 Å². The molecule has 0 aromatic carbocycles. The molecule has 3 saturated carbocycles. The molecule has 0 heterocycles. The standard InChI is InChI=1S/C27H44O3/c1-18(2)15-19(3)23-11-12-24-21(7-5-13-27(23,24)4)10-9-20-16-25(29)22(8-6-14-28)26(30)17-20/h8-10,18-19,23-26,28-30H,5-7,11-17H2,1-4H3/b20-9?,21-10+,22-8?/t19-,23-,24+,25-,26-,27-/m1/s1. The van der Waals surface area contributed by atoms with Crippen LogP contribution in [-0.4, -0.2) is 34.1 Å². The number of hydrogen-bond donors (Lipinski definition) is 3. The van der Waals surface area contributed by atoms with Gasteiger partial charge in [0, 0.05) is 6.61 Å². The summed E-state index contributed by atoms with van der Waals surface area (Å²) in [5.74, 6) is 3.09. The van der Waals surface area contributed by atoms with Crippen LogP contribution < -0.4 is 0 Å². The normalized spacial score (nSPS) is 36.9. The van der Waals surface area contributed by atoms with Gasteiger partial charge in [-0.2, -0.15) is 0 Å². The van der Waals surface area contributed by atoms with Crippen molar-refractivity contribution in [3.8, 4) is 0 Å². The monoisotopic (exact) mass is 416 g/mol. The van der Waals surface area contributed by atoms with Crippen molar-refractivity contribution in [2.24, 2.45) is 29.1 Å². The zero-order chi connectivity index (χ0) is 21.9. The van der Waals surface area contributed by atoms with E-state index in [1.807, 2.05) is 0 Å². The van der Waals surface area contributed by atoms with Gasteiger partial charge in [-0.1, -0.05) is 57.1 Å². The highest BCUT2D eigenvalue weighted by Crippen LogP contribution is 2.60. The van der Waals surface area contributed by atoms with Gasteiger partial charge in [0.2, 0.25) is 0 Å². The lowest BCUT2D eigenvalue weighted by Gasteiger charge is -2.44. The number of rotatable bonds is 6. The second-order valence-corrected chi connectivity index (χ2v) is 10.9. The van der Waals surface area contributed by atoms with E-state index in [1.165, 1.54) is 38.5 Å². The molecule has 30 heavy (non-hydrogen) atoms. The molecular weight excluding hydrogens is 372 g/mol. The summed E-state index contributed by atoms with van der Waals surface area (Å²) in [6.45, 7) is 9.78. The van der Waals surface area contributed by atoms with Crippen molar-refractivity contribution >= 4 is 0 Å². The molecule has 0 amide bonds. The number of allylic oxidation sites excluding steroid dienone is 3. The quantitative estimate of drug-likeness (QED) is 0.497. The van der Waals surface area contributed by atoms with Crippen LogP contribution in [0, 0.1) is 29.1 Å². The molecule has 3 N–H and O–H groups in total. The molecular formula is C27H44O3. The fourth-order valence-electron chi connectivity index (χ4n) is 7.02. The molecule has 0 aliphatic heterocycles. The maximum atomic E-state index is 10.5. The van der Waals surface area contributed by atoms with Crippen LogP contribution in [0.15, 0.2) is 34.9 Å². The van der Waals surface area contributed by atoms with Gasteiger partial charge >= 0.3 is 0 Å². The summed E-state index contributed by atoms with van der Waals surface area (Å²) in [7, 11) is 0. The summed E-state index contributed by atoms with van der Waals surface area (Å²) in [4.78, 5) is 0. The lowest BCUT2D eigenvalue weighted by Crippen LogP contribution is -2.36. The van der Waals surface area contributed by atoms with Gasteiger partial charge in [0.1, 0.15) is 0 Å². The first-order valence-corrected chi connectivity index (χ1v) is 12.3. The van der Waals surface area contributed by atoms with E-state index in [1.54, 1.807) is 11.6 Å². The highest BCUT2D eigenvalue weighted by atomic mass is 16.3. The number of aliphatic hydroxyl groups excluding tert-OH is 3. The first-order chi connectivity index (χ1) is 14.3. The zero-order valence-electron chi connectivity index (χ0n) is 19.6. The van der Waals surface area contributed by atoms with Gasteiger partial charge < -0.3 is 15.3 Å². The number of hydrogen-bond acceptors (Lipinski definition) is 3. The Bertz CT molecular complexity index is 658. The molecule has 0 saturated heterocycles. The lowest BCUT2D eigenvalue weighted by molar-refractivity contribution is 0.0893. The Balaban J connectivity index is 1.72. The van der Waals surface area contributed by atoms with Crippen LogP contribution in [0.1, 0.15) is 85.5 Å². The van der Waals surface area contributed by atoms with Gasteiger partial charge in [-0.25, -0.2) is 0 Å². The van der Waals surface area contributed by atoms with E-state index in [4.69, 9.17) is 5.11 Å². The van der Waals surface area contributed by atoms with Crippen molar-refractivity contribution in [2.45, 2.75) is 97.7 Å². The minimum absolute atomic E-state index is 0.0503. The first-order valence-electron chi connectivity index (χ1n) is 12.3. The van der Waals surface area contributed by atoms with Gasteiger partial charge in [-0.05, 0) is 92.4 Å². The minimum atomic E-state index is -0.630. The first kappa shape index (κ1) is 23.8. The Hall–Kier alpha value is -0.900. The van der Waals surface area contributed by atoms with E-state index in [0.717, 1.165) is 23.3 Å². The van der Waals surface area contributed by atoms with Gasteiger partial charge in [-0.15, -0.1) is 0 Å². The molecule has 6 atom stereocenters. The fraction of sp³-hybridized carbons (Fsp3) is 0.778. The third kappa shape index (κ3) is 5.11. The molecule has 0 unspecified atom stereocenters. The van der Waals surface area contributed by atoms with Crippen LogP contribution in [0.3, 0.4) is 0 Å². The van der Waals surface area contributed by atoms with E-state index in [2.05, 4.69) is 39.8 Å². The smallest absolute Gasteiger partial charge is 0.0812 e. The average Bonchev–Trinajstić information content (AvgIpc) is 3.03. The molecule has 170 valence electrons. The highest BCUT2D eigenvalue weighted by molar-refractivity contribution is 5.30. The zero-order valence-corrected chi connectivity index (χ0v) is 19.6. The summed E-state index contributed by atoms with van der Waals surface area (Å²) in [5.41, 5.74) is 3.85. The van der Waals surface area contributed by atoms with Crippen LogP contribution in [0.25, 0.3) is 0 Å². The molecule has 3 heteroatoms. The summed E-state index contributed by atoms with van der Waals surface area (Å²) in [6, 6.07) is 0. The SMILES string of the molecule is CC(C)C[C@@H](C)[C@H]1CC[C@H]2/C(=C/C=C3C[C@@H](O)C(=CCCO)[C@H](O)C3)CCC[C@]12C. The largest absolute Gasteiger partial charge is 0.396 e. The van der Waals surface area contributed by atoms with Gasteiger partial charge in [-0.3, -0.25) is 0 Å². The Morgan fingerprint density at radius 3 is 2.40 bits per heavy atom. The fourth-order valence-corrected chi connectivity index (χ4v) is 7.02. The van der Waals surface area contributed by atoms with Crippen molar-refractivity contribution in [2.75, 3.05) is 6.61 Å². The summed E-state index contributed by atoms with van der Waals surface area (Å²) < 4.78 is 0. The van der Waals surface area contributed by atoms with Crippen molar-refractivity contribution in [3.05, 3.63) is 34.9 Å². The van der Waals surface area contributed by atoms with Gasteiger partial charge in [0.15, 0.2) is 0 Å². The van der Waals surface area contributed by atoms with Crippen LogP contribution in [0.2, 0.25) is 0 Å². The molecule has 0 aromatic heterocycles. The Morgan fingerprint density at radius 2 is 1.77 bits per heavy atom. The van der Waals surface area contributed by atoms with Crippen LogP contribution in [-0.2, 0) is 0 Å². The predicted octanol–water partition coefficient (Wildman–Crippen LogP) is 5.56. The Labute approximate surface area is 184 Å². The molecule has 3 fully saturated rings. The van der Waals surface area contributed by atoms with E-state index in [9.17, 15) is 10.2 Å². The van der Waals surface area contributed by atoms with Crippen molar-refractivity contribution in [1.29, 1.82) is 0 Å². The predicted molar refractivity (Wildman–Crippen MR) is 124 cm³/mol. The third-order valence-electron chi connectivity index (χ3n) is 8.29. The molecule has 0 spiro atoms. The van der Waals surface area contributed by atoms with Gasteiger partial charge in [0.05, 0.1) is 12.2 Å². The molecule has 3 nitrogen and oxygen atoms in total. The van der Waals surface area contributed by atoms with E-state index in [0.29, 0.717) is 36.2 Å². The second kappa shape index (κ2) is 10.1. The topological polar surface area (TPSA) is 60.7 Å². The van der Waals surface area contributed by atoms with Crippen molar-refractivity contribution in [3.63, 3.8) is 0 Å². The molecule has 3 aliphatic carbocycles. The Kier molecular flexibility index (Phi) is 8.03. The van der Waals surface area contributed by atoms with Crippen molar-refractivity contribution < 1.29 is 15.3 Å². The van der Waals surface area contributed by atoms with Crippen LogP contribution in [0.5, 0.6) is 0 Å². The number of aliphatic hydroxyl groups is 3. The average molecular weight is 417 g/mol. The van der Waals surface area contributed by atoms with Crippen LogP contribution >= 0.6 is 0 Å². The molecule has 0 radical (unpaired) electrons. The molecule has 3 rings (SSSR count). The third-order valence-corrected chi connectivity index (χ3v) is 8.29. The summed E-state index contributed by atoms with van der Waals surface area (Å²) in [5, 5.41) is 29.9. The maximum Gasteiger partial charge on any atom is 0.0812 e.